The molecule has 23 heavy (non-hydrogen) atoms. The Labute approximate surface area is 136 Å². The molecule has 2 aromatic rings. The molecule has 122 valence electrons. The number of nitrogens with zero attached hydrogens (tertiary/aromatic N) is 1. The molecular weight excluding hydrogens is 294 g/mol. The summed E-state index contributed by atoms with van der Waals surface area (Å²) in [6.07, 6.45) is 2.50. The number of hydrogen-bond acceptors (Lipinski definition) is 5. The lowest BCUT2D eigenvalue weighted by molar-refractivity contribution is 0.315. The van der Waals surface area contributed by atoms with E-state index in [4.69, 9.17) is 14.2 Å². The molecule has 0 fully saturated rings. The van der Waals surface area contributed by atoms with Gasteiger partial charge in [-0.3, -0.25) is 4.99 Å². The van der Waals surface area contributed by atoms with Crippen LogP contribution in [0, 0.1) is 0 Å². The van der Waals surface area contributed by atoms with Crippen LogP contribution in [0.5, 0.6) is 23.0 Å². The van der Waals surface area contributed by atoms with E-state index in [1.54, 1.807) is 56.8 Å². The Balaban J connectivity index is 2.23. The van der Waals surface area contributed by atoms with E-state index in [0.29, 0.717) is 35.1 Å². The predicted molar refractivity (Wildman–Crippen MR) is 90.7 cm³/mol. The second-order valence-electron chi connectivity index (χ2n) is 4.87. The van der Waals surface area contributed by atoms with Crippen LogP contribution in [0.1, 0.15) is 18.9 Å². The molecule has 0 bridgehead atoms. The normalized spacial score (nSPS) is 10.7. The Kier molecular flexibility index (Phi) is 5.86. The van der Waals surface area contributed by atoms with Gasteiger partial charge in [-0.15, -0.1) is 0 Å². The number of phenolic OH excluding ortho intramolecular Hbond substituents is 1. The Morgan fingerprint density at radius 3 is 2.48 bits per heavy atom. The van der Waals surface area contributed by atoms with Crippen molar-refractivity contribution in [3.63, 3.8) is 0 Å². The number of phenols is 1. The summed E-state index contributed by atoms with van der Waals surface area (Å²) in [7, 11) is 3.17. The molecule has 0 aromatic heterocycles. The molecule has 0 heterocycles. The number of benzene rings is 2. The summed E-state index contributed by atoms with van der Waals surface area (Å²) in [6, 6.07) is 10.5. The lowest BCUT2D eigenvalue weighted by Gasteiger charge is -2.08. The number of methoxy groups -OCH3 is 2. The molecule has 0 unspecified atom stereocenters. The van der Waals surface area contributed by atoms with Crippen LogP contribution in [0.25, 0.3) is 0 Å². The third-order valence-corrected chi connectivity index (χ3v) is 3.20. The van der Waals surface area contributed by atoms with Gasteiger partial charge in [0.25, 0.3) is 0 Å². The second kappa shape index (κ2) is 8.08. The van der Waals surface area contributed by atoms with Gasteiger partial charge in [-0.2, -0.15) is 0 Å². The van der Waals surface area contributed by atoms with E-state index >= 15 is 0 Å². The highest BCUT2D eigenvalue weighted by Crippen LogP contribution is 2.32. The van der Waals surface area contributed by atoms with E-state index in [1.165, 1.54) is 0 Å². The molecule has 2 aromatic carbocycles. The van der Waals surface area contributed by atoms with Gasteiger partial charge in [-0.1, -0.05) is 6.92 Å². The number of hydrogen-bond donors (Lipinski definition) is 1. The number of aromatic hydroxyl groups is 1. The van der Waals surface area contributed by atoms with Crippen LogP contribution >= 0.6 is 0 Å². The summed E-state index contributed by atoms with van der Waals surface area (Å²) in [5, 5.41) is 10.1. The van der Waals surface area contributed by atoms with Crippen LogP contribution in [0.4, 0.5) is 5.69 Å². The van der Waals surface area contributed by atoms with Gasteiger partial charge in [-0.25, -0.2) is 0 Å². The van der Waals surface area contributed by atoms with Crippen molar-refractivity contribution in [3.05, 3.63) is 42.0 Å². The molecule has 0 radical (unpaired) electrons. The molecule has 0 saturated heterocycles. The first-order valence-electron chi connectivity index (χ1n) is 7.39. The molecule has 1 N–H and O–H groups in total. The fraction of sp³-hybridized carbons (Fsp3) is 0.278. The smallest absolute Gasteiger partial charge is 0.144 e. The first-order chi connectivity index (χ1) is 11.2. The topological polar surface area (TPSA) is 60.3 Å². The van der Waals surface area contributed by atoms with Crippen molar-refractivity contribution in [1.29, 1.82) is 0 Å². The molecule has 0 atom stereocenters. The highest BCUT2D eigenvalue weighted by atomic mass is 16.5. The summed E-state index contributed by atoms with van der Waals surface area (Å²) >= 11 is 0. The van der Waals surface area contributed by atoms with Gasteiger partial charge in [0.2, 0.25) is 0 Å². The monoisotopic (exact) mass is 315 g/mol. The van der Waals surface area contributed by atoms with E-state index in [2.05, 4.69) is 4.99 Å². The molecule has 0 aliphatic heterocycles. The standard InChI is InChI=1S/C18H21NO4/c1-4-9-23-15-6-5-13(17(20)11-15)12-19-16-10-14(21-2)7-8-18(16)22-3/h5-8,10-12,20H,4,9H2,1-3H3. The Morgan fingerprint density at radius 1 is 1.04 bits per heavy atom. The zero-order chi connectivity index (χ0) is 16.7. The highest BCUT2D eigenvalue weighted by molar-refractivity contribution is 5.86. The average Bonchev–Trinajstić information content (AvgIpc) is 2.58. The molecule has 0 saturated carbocycles. The van der Waals surface area contributed by atoms with Crippen LogP contribution in [-0.4, -0.2) is 32.1 Å². The summed E-state index contributed by atoms with van der Waals surface area (Å²) in [6.45, 7) is 2.65. The zero-order valence-electron chi connectivity index (χ0n) is 13.6. The van der Waals surface area contributed by atoms with Crippen molar-refractivity contribution in [1.82, 2.24) is 0 Å². The molecule has 5 nitrogen and oxygen atoms in total. The maximum absolute atomic E-state index is 10.1. The minimum atomic E-state index is 0.115. The Bertz CT molecular complexity index is 683. The third-order valence-electron chi connectivity index (χ3n) is 3.20. The first-order valence-corrected chi connectivity index (χ1v) is 7.39. The van der Waals surface area contributed by atoms with E-state index in [-0.39, 0.29) is 5.75 Å². The second-order valence-corrected chi connectivity index (χ2v) is 4.87. The highest BCUT2D eigenvalue weighted by Gasteiger charge is 2.05. The number of ether oxygens (including phenoxy) is 3. The van der Waals surface area contributed by atoms with Crippen LogP contribution in [-0.2, 0) is 0 Å². The van der Waals surface area contributed by atoms with Crippen LogP contribution < -0.4 is 14.2 Å². The van der Waals surface area contributed by atoms with Crippen molar-refractivity contribution in [2.45, 2.75) is 13.3 Å². The van der Waals surface area contributed by atoms with E-state index < -0.39 is 0 Å². The van der Waals surface area contributed by atoms with Gasteiger partial charge in [0.1, 0.15) is 28.7 Å². The molecule has 5 heteroatoms. The predicted octanol–water partition coefficient (Wildman–Crippen LogP) is 3.95. The van der Waals surface area contributed by atoms with Crippen LogP contribution in [0.3, 0.4) is 0 Å². The number of aliphatic imine (C=N–C) groups is 1. The van der Waals surface area contributed by atoms with Gasteiger partial charge >= 0.3 is 0 Å². The lowest BCUT2D eigenvalue weighted by Crippen LogP contribution is -1.95. The quantitative estimate of drug-likeness (QED) is 0.786. The van der Waals surface area contributed by atoms with Crippen molar-refractivity contribution in [2.24, 2.45) is 4.99 Å². The molecular formula is C18H21NO4. The minimum Gasteiger partial charge on any atom is -0.507 e. The summed E-state index contributed by atoms with van der Waals surface area (Å²) in [4.78, 5) is 4.38. The summed E-state index contributed by atoms with van der Waals surface area (Å²) in [5.41, 5.74) is 1.22. The average molecular weight is 315 g/mol. The van der Waals surface area contributed by atoms with Gasteiger partial charge < -0.3 is 19.3 Å². The van der Waals surface area contributed by atoms with Gasteiger partial charge in [0, 0.05) is 23.9 Å². The summed E-state index contributed by atoms with van der Waals surface area (Å²) < 4.78 is 15.9. The van der Waals surface area contributed by atoms with Crippen molar-refractivity contribution < 1.29 is 19.3 Å². The van der Waals surface area contributed by atoms with Crippen LogP contribution in [0.2, 0.25) is 0 Å². The fourth-order valence-corrected chi connectivity index (χ4v) is 1.98. The van der Waals surface area contributed by atoms with Crippen molar-refractivity contribution >= 4 is 11.9 Å². The van der Waals surface area contributed by atoms with Gasteiger partial charge in [-0.05, 0) is 30.7 Å². The number of rotatable bonds is 7. The molecule has 2 rings (SSSR count). The van der Waals surface area contributed by atoms with Gasteiger partial charge in [0.05, 0.1) is 20.8 Å². The first kappa shape index (κ1) is 16.7. The Hall–Kier alpha value is -2.69. The lowest BCUT2D eigenvalue weighted by atomic mass is 10.2. The molecule has 0 aliphatic carbocycles. The Morgan fingerprint density at radius 2 is 1.83 bits per heavy atom. The fourth-order valence-electron chi connectivity index (χ4n) is 1.98. The van der Waals surface area contributed by atoms with Crippen LogP contribution in [0.15, 0.2) is 41.4 Å². The van der Waals surface area contributed by atoms with Crippen molar-refractivity contribution in [2.75, 3.05) is 20.8 Å². The van der Waals surface area contributed by atoms with E-state index in [1.807, 2.05) is 6.92 Å². The minimum absolute atomic E-state index is 0.115. The SMILES string of the molecule is CCCOc1ccc(C=Nc2cc(OC)ccc2OC)c(O)c1. The maximum atomic E-state index is 10.1. The largest absolute Gasteiger partial charge is 0.507 e. The van der Waals surface area contributed by atoms with E-state index in [0.717, 1.165) is 6.42 Å². The maximum Gasteiger partial charge on any atom is 0.144 e. The molecule has 0 amide bonds. The molecule has 0 aliphatic rings. The zero-order valence-corrected chi connectivity index (χ0v) is 13.6. The van der Waals surface area contributed by atoms with Gasteiger partial charge in [0.15, 0.2) is 0 Å². The van der Waals surface area contributed by atoms with Crippen molar-refractivity contribution in [3.8, 4) is 23.0 Å². The van der Waals surface area contributed by atoms with E-state index in [9.17, 15) is 5.11 Å². The third kappa shape index (κ3) is 4.39. The molecule has 0 spiro atoms. The summed E-state index contributed by atoms with van der Waals surface area (Å²) in [5.74, 6) is 2.07.